The molecule has 0 bridgehead atoms. The Kier molecular flexibility index (Phi) is 3.08. The summed E-state index contributed by atoms with van der Waals surface area (Å²) in [6.45, 7) is 1.01. The molecule has 0 amide bonds. The second-order valence-corrected chi connectivity index (χ2v) is 6.48. The zero-order valence-electron chi connectivity index (χ0n) is 10.3. The lowest BCUT2D eigenvalue weighted by Gasteiger charge is -2.15. The molecule has 0 unspecified atom stereocenters. The Hall–Kier alpha value is -1.00. The average Bonchev–Trinajstić information content (AvgIpc) is 3.10. The number of hydrogen-bond acceptors (Lipinski definition) is 2. The van der Waals surface area contributed by atoms with Crippen LogP contribution in [0.5, 0.6) is 0 Å². The van der Waals surface area contributed by atoms with E-state index < -0.39 is 0 Å². The molecule has 3 rings (SSSR count). The predicted octanol–water partition coefficient (Wildman–Crippen LogP) is 4.11. The lowest BCUT2D eigenvalue weighted by Crippen LogP contribution is -2.14. The summed E-state index contributed by atoms with van der Waals surface area (Å²) in [5.74, 6) is 0. The van der Waals surface area contributed by atoms with Crippen LogP contribution in [0.3, 0.4) is 0 Å². The Bertz CT molecular complexity index is 594. The highest BCUT2D eigenvalue weighted by Gasteiger charge is 2.42. The van der Waals surface area contributed by atoms with Gasteiger partial charge in [0.25, 0.3) is 0 Å². The third kappa shape index (κ3) is 2.15. The first-order valence-electron chi connectivity index (χ1n) is 6.13. The molecule has 0 saturated heterocycles. The molecule has 0 radical (unpaired) electrons. The molecule has 1 aliphatic carbocycles. The van der Waals surface area contributed by atoms with E-state index in [1.165, 1.54) is 24.1 Å². The van der Waals surface area contributed by atoms with Gasteiger partial charge in [0.15, 0.2) is 4.77 Å². The van der Waals surface area contributed by atoms with Crippen LogP contribution in [0.4, 0.5) is 0 Å². The lowest BCUT2D eigenvalue weighted by molar-refractivity contribution is 0.658. The van der Waals surface area contributed by atoms with Crippen LogP contribution in [0, 0.1) is 4.77 Å². The average molecular weight is 276 g/mol. The number of nitrogens with one attached hydrogen (secondary N) is 1. The SMILES string of the molecule is CSC1(Cn2c(-c3ccccc3)c[nH]c2=S)CC1. The van der Waals surface area contributed by atoms with E-state index in [2.05, 4.69) is 40.1 Å². The molecule has 2 aromatic rings. The minimum Gasteiger partial charge on any atom is -0.337 e. The van der Waals surface area contributed by atoms with Crippen molar-refractivity contribution in [3.05, 3.63) is 41.3 Å². The van der Waals surface area contributed by atoms with E-state index in [9.17, 15) is 0 Å². The normalized spacial score (nSPS) is 16.7. The molecule has 1 aromatic carbocycles. The highest BCUT2D eigenvalue weighted by Crippen LogP contribution is 2.48. The van der Waals surface area contributed by atoms with Crippen LogP contribution in [-0.4, -0.2) is 20.6 Å². The van der Waals surface area contributed by atoms with E-state index >= 15 is 0 Å². The van der Waals surface area contributed by atoms with Gasteiger partial charge in [-0.2, -0.15) is 11.8 Å². The Balaban J connectivity index is 2.00. The van der Waals surface area contributed by atoms with Crippen LogP contribution in [0.15, 0.2) is 36.5 Å². The maximum absolute atomic E-state index is 5.41. The Morgan fingerprint density at radius 2 is 2.06 bits per heavy atom. The highest BCUT2D eigenvalue weighted by atomic mass is 32.2. The number of aromatic amines is 1. The van der Waals surface area contributed by atoms with Gasteiger partial charge >= 0.3 is 0 Å². The van der Waals surface area contributed by atoms with Gasteiger partial charge in [-0.05, 0) is 36.9 Å². The van der Waals surface area contributed by atoms with Gasteiger partial charge in [-0.25, -0.2) is 0 Å². The van der Waals surface area contributed by atoms with Gasteiger partial charge in [0.05, 0.1) is 5.69 Å². The summed E-state index contributed by atoms with van der Waals surface area (Å²) in [6, 6.07) is 10.4. The van der Waals surface area contributed by atoms with Crippen LogP contribution in [0.25, 0.3) is 11.3 Å². The number of hydrogen-bond donors (Lipinski definition) is 1. The van der Waals surface area contributed by atoms with E-state index in [-0.39, 0.29) is 0 Å². The Morgan fingerprint density at radius 1 is 1.33 bits per heavy atom. The quantitative estimate of drug-likeness (QED) is 0.848. The number of imidazole rings is 1. The molecule has 0 atom stereocenters. The fraction of sp³-hybridized carbons (Fsp3) is 0.357. The van der Waals surface area contributed by atoms with Crippen LogP contribution in [0.2, 0.25) is 0 Å². The van der Waals surface area contributed by atoms with Crippen LogP contribution >= 0.6 is 24.0 Å². The summed E-state index contributed by atoms with van der Waals surface area (Å²) in [6.07, 6.45) is 6.82. The minimum atomic E-state index is 0.421. The predicted molar refractivity (Wildman–Crippen MR) is 80.5 cm³/mol. The molecular formula is C14H16N2S2. The number of aromatic nitrogens is 2. The van der Waals surface area contributed by atoms with Crippen molar-refractivity contribution < 1.29 is 0 Å². The first-order chi connectivity index (χ1) is 8.74. The van der Waals surface area contributed by atoms with Gasteiger partial charge in [0, 0.05) is 17.5 Å². The summed E-state index contributed by atoms with van der Waals surface area (Å²) in [7, 11) is 0. The second-order valence-electron chi connectivity index (χ2n) is 4.82. The Labute approximate surface area is 116 Å². The third-order valence-corrected chi connectivity index (χ3v) is 5.37. The maximum atomic E-state index is 5.41. The fourth-order valence-corrected chi connectivity index (χ4v) is 3.25. The van der Waals surface area contributed by atoms with Gasteiger partial charge in [-0.15, -0.1) is 0 Å². The van der Waals surface area contributed by atoms with E-state index in [1.54, 1.807) is 0 Å². The summed E-state index contributed by atoms with van der Waals surface area (Å²) >= 11 is 7.38. The van der Waals surface area contributed by atoms with E-state index in [0.29, 0.717) is 4.75 Å². The fourth-order valence-electron chi connectivity index (χ4n) is 2.25. The van der Waals surface area contributed by atoms with Crippen molar-refractivity contribution in [2.45, 2.75) is 24.1 Å². The first-order valence-corrected chi connectivity index (χ1v) is 7.76. The van der Waals surface area contributed by atoms with Crippen molar-refractivity contribution >= 4 is 24.0 Å². The molecule has 1 fully saturated rings. The third-order valence-electron chi connectivity index (χ3n) is 3.62. The van der Waals surface area contributed by atoms with Gasteiger partial charge in [0.1, 0.15) is 0 Å². The molecule has 1 saturated carbocycles. The van der Waals surface area contributed by atoms with Gasteiger partial charge in [-0.3, -0.25) is 0 Å². The highest BCUT2D eigenvalue weighted by molar-refractivity contribution is 8.00. The smallest absolute Gasteiger partial charge is 0.177 e. The maximum Gasteiger partial charge on any atom is 0.177 e. The molecule has 18 heavy (non-hydrogen) atoms. The van der Waals surface area contributed by atoms with Crippen LogP contribution in [0.1, 0.15) is 12.8 Å². The Morgan fingerprint density at radius 3 is 2.67 bits per heavy atom. The van der Waals surface area contributed by atoms with Gasteiger partial charge < -0.3 is 9.55 Å². The molecule has 4 heteroatoms. The van der Waals surface area contributed by atoms with Crippen LogP contribution < -0.4 is 0 Å². The molecule has 1 aliphatic rings. The van der Waals surface area contributed by atoms with Crippen molar-refractivity contribution in [3.8, 4) is 11.3 Å². The van der Waals surface area contributed by atoms with Crippen molar-refractivity contribution in [2.75, 3.05) is 6.26 Å². The lowest BCUT2D eigenvalue weighted by atomic mass is 10.1. The zero-order valence-corrected chi connectivity index (χ0v) is 12.0. The summed E-state index contributed by atoms with van der Waals surface area (Å²) in [4.78, 5) is 3.18. The largest absolute Gasteiger partial charge is 0.337 e. The second kappa shape index (κ2) is 4.59. The molecule has 0 spiro atoms. The molecule has 2 nitrogen and oxygen atoms in total. The summed E-state index contributed by atoms with van der Waals surface area (Å²) in [5, 5.41) is 0. The molecule has 1 N–H and O–H groups in total. The monoisotopic (exact) mass is 276 g/mol. The molecule has 0 aliphatic heterocycles. The van der Waals surface area contributed by atoms with E-state index in [4.69, 9.17) is 12.2 Å². The van der Waals surface area contributed by atoms with Gasteiger partial charge in [-0.1, -0.05) is 30.3 Å². The zero-order chi connectivity index (χ0) is 12.6. The number of thioether (sulfide) groups is 1. The van der Waals surface area contributed by atoms with Gasteiger partial charge in [0.2, 0.25) is 0 Å². The molecule has 94 valence electrons. The number of rotatable bonds is 4. The van der Waals surface area contributed by atoms with Crippen molar-refractivity contribution in [1.29, 1.82) is 0 Å². The van der Waals surface area contributed by atoms with Crippen molar-refractivity contribution in [2.24, 2.45) is 0 Å². The molecule has 1 heterocycles. The van der Waals surface area contributed by atoms with E-state index in [0.717, 1.165) is 11.3 Å². The van der Waals surface area contributed by atoms with Crippen molar-refractivity contribution in [3.63, 3.8) is 0 Å². The van der Waals surface area contributed by atoms with E-state index in [1.807, 2.05) is 24.0 Å². The minimum absolute atomic E-state index is 0.421. The molecule has 1 aromatic heterocycles. The van der Waals surface area contributed by atoms with Crippen molar-refractivity contribution in [1.82, 2.24) is 9.55 Å². The summed E-state index contributed by atoms with van der Waals surface area (Å²) < 4.78 is 3.49. The molecular weight excluding hydrogens is 260 g/mol. The number of H-pyrrole nitrogens is 1. The number of nitrogens with zero attached hydrogens (tertiary/aromatic N) is 1. The topological polar surface area (TPSA) is 20.7 Å². The number of benzene rings is 1. The first kappa shape index (κ1) is 12.1. The standard InChI is InChI=1S/C14H16N2S2/c1-18-14(7-8-14)10-16-12(9-15-13(16)17)11-5-3-2-4-6-11/h2-6,9H,7-8,10H2,1H3,(H,15,17). The summed E-state index contributed by atoms with van der Waals surface area (Å²) in [5.41, 5.74) is 2.42. The van der Waals surface area contributed by atoms with Crippen LogP contribution in [-0.2, 0) is 6.54 Å².